The van der Waals surface area contributed by atoms with E-state index in [4.69, 9.17) is 0 Å². The van der Waals surface area contributed by atoms with Gasteiger partial charge in [0.15, 0.2) is 0 Å². The molecular formula is C21H31NO3. The molecule has 0 saturated heterocycles. The maximum atomic E-state index is 13.0. The van der Waals surface area contributed by atoms with Crippen molar-refractivity contribution in [1.29, 1.82) is 0 Å². The third-order valence-corrected chi connectivity index (χ3v) is 7.64. The zero-order valence-electron chi connectivity index (χ0n) is 15.2. The van der Waals surface area contributed by atoms with Gasteiger partial charge in [0.2, 0.25) is 5.91 Å². The summed E-state index contributed by atoms with van der Waals surface area (Å²) in [4.78, 5) is 24.5. The Hall–Kier alpha value is -1.32. The number of hydrogen-bond acceptors (Lipinski definition) is 2. The number of aliphatic carboxylic acids is 1. The quantitative estimate of drug-likeness (QED) is 0.746. The molecule has 2 N–H and O–H groups in total. The van der Waals surface area contributed by atoms with Crippen molar-refractivity contribution < 1.29 is 14.7 Å². The molecule has 4 heteroatoms. The van der Waals surface area contributed by atoms with Crippen molar-refractivity contribution in [2.24, 2.45) is 35.0 Å². The van der Waals surface area contributed by atoms with Crippen LogP contribution in [0.4, 0.5) is 0 Å². The van der Waals surface area contributed by atoms with Gasteiger partial charge >= 0.3 is 5.97 Å². The zero-order chi connectivity index (χ0) is 17.6. The third kappa shape index (κ3) is 3.02. The number of carboxylic acids is 1. The Labute approximate surface area is 150 Å². The molecule has 5 rings (SSSR count). The second-order valence-electron chi connectivity index (χ2n) is 9.24. The van der Waals surface area contributed by atoms with Gasteiger partial charge in [0.25, 0.3) is 0 Å². The fraction of sp³-hybridized carbons (Fsp3) is 0.810. The Morgan fingerprint density at radius 1 is 1.04 bits per heavy atom. The molecule has 0 heterocycles. The number of carboxylic acid groups (broad SMARTS) is 1. The molecule has 4 fully saturated rings. The minimum atomic E-state index is -0.840. The van der Waals surface area contributed by atoms with E-state index in [1.165, 1.54) is 38.5 Å². The van der Waals surface area contributed by atoms with Crippen LogP contribution in [0.25, 0.3) is 0 Å². The molecular weight excluding hydrogens is 314 g/mol. The van der Waals surface area contributed by atoms with Gasteiger partial charge in [-0.1, -0.05) is 19.1 Å². The molecule has 0 aromatic rings. The van der Waals surface area contributed by atoms with E-state index >= 15 is 0 Å². The van der Waals surface area contributed by atoms with Gasteiger partial charge in [-0.15, -0.1) is 0 Å². The summed E-state index contributed by atoms with van der Waals surface area (Å²) in [5.41, 5.74) is 0.280. The lowest BCUT2D eigenvalue weighted by atomic mass is 9.47. The third-order valence-electron chi connectivity index (χ3n) is 7.64. The van der Waals surface area contributed by atoms with Crippen LogP contribution in [0.3, 0.4) is 0 Å². The van der Waals surface area contributed by atoms with Crippen molar-refractivity contribution in [3.8, 4) is 0 Å². The van der Waals surface area contributed by atoms with Gasteiger partial charge in [0.1, 0.15) is 0 Å². The van der Waals surface area contributed by atoms with Crippen molar-refractivity contribution in [2.45, 2.75) is 70.8 Å². The maximum Gasteiger partial charge on any atom is 0.307 e. The average molecular weight is 345 g/mol. The molecule has 0 aromatic heterocycles. The zero-order valence-corrected chi connectivity index (χ0v) is 15.2. The van der Waals surface area contributed by atoms with Gasteiger partial charge in [-0.05, 0) is 81.0 Å². The summed E-state index contributed by atoms with van der Waals surface area (Å²) >= 11 is 0. The van der Waals surface area contributed by atoms with Crippen LogP contribution in [-0.2, 0) is 9.59 Å². The standard InChI is InChI=1S/C21H31NO3/c1-2-18(21-10-13-7-14(11-21)9-15(8-13)12-21)22-19(23)16-5-3-4-6-17(16)20(24)25/h3-4,13-18H,2,5-12H2,1H3,(H,22,23)(H,24,25)/t13?,14?,15?,16-,17+,18+,21?/m1/s1. The molecule has 3 atom stereocenters. The first-order valence-corrected chi connectivity index (χ1v) is 10.2. The van der Waals surface area contributed by atoms with Gasteiger partial charge in [0.05, 0.1) is 11.8 Å². The van der Waals surface area contributed by atoms with Gasteiger partial charge in [-0.25, -0.2) is 0 Å². The topological polar surface area (TPSA) is 66.4 Å². The number of carbonyl (C=O) groups excluding carboxylic acids is 1. The molecule has 138 valence electrons. The second kappa shape index (κ2) is 6.44. The van der Waals surface area contributed by atoms with E-state index in [9.17, 15) is 14.7 Å². The van der Waals surface area contributed by atoms with Crippen LogP contribution in [-0.4, -0.2) is 23.0 Å². The first kappa shape index (κ1) is 17.1. The fourth-order valence-corrected chi connectivity index (χ4v) is 6.95. The van der Waals surface area contributed by atoms with Gasteiger partial charge in [0, 0.05) is 6.04 Å². The molecule has 25 heavy (non-hydrogen) atoms. The molecule has 4 saturated carbocycles. The first-order chi connectivity index (χ1) is 12.0. The van der Waals surface area contributed by atoms with Crippen LogP contribution in [0.15, 0.2) is 12.2 Å². The van der Waals surface area contributed by atoms with Crippen LogP contribution in [0, 0.1) is 35.0 Å². The van der Waals surface area contributed by atoms with E-state index in [2.05, 4.69) is 12.2 Å². The number of carbonyl (C=O) groups is 2. The largest absolute Gasteiger partial charge is 0.481 e. The van der Waals surface area contributed by atoms with E-state index in [-0.39, 0.29) is 17.4 Å². The van der Waals surface area contributed by atoms with Crippen molar-refractivity contribution in [3.63, 3.8) is 0 Å². The van der Waals surface area contributed by atoms with Crippen LogP contribution in [0.5, 0.6) is 0 Å². The molecule has 0 aromatic carbocycles. The van der Waals surface area contributed by atoms with Gasteiger partial charge < -0.3 is 10.4 Å². The van der Waals surface area contributed by atoms with Crippen LogP contribution in [0.1, 0.15) is 64.7 Å². The van der Waals surface area contributed by atoms with Crippen molar-refractivity contribution in [1.82, 2.24) is 5.32 Å². The Bertz CT molecular complexity index is 546. The minimum Gasteiger partial charge on any atom is -0.481 e. The summed E-state index contributed by atoms with van der Waals surface area (Å²) in [7, 11) is 0. The molecule has 5 aliphatic rings. The van der Waals surface area contributed by atoms with E-state index in [0.29, 0.717) is 12.8 Å². The number of hydrogen-bond donors (Lipinski definition) is 2. The Morgan fingerprint density at radius 3 is 2.04 bits per heavy atom. The number of rotatable bonds is 5. The summed E-state index contributed by atoms with van der Waals surface area (Å²) in [6, 6.07) is 0.216. The Morgan fingerprint density at radius 2 is 1.56 bits per heavy atom. The number of allylic oxidation sites excluding steroid dienone is 2. The van der Waals surface area contributed by atoms with E-state index < -0.39 is 17.8 Å². The van der Waals surface area contributed by atoms with Crippen molar-refractivity contribution in [2.75, 3.05) is 0 Å². The summed E-state index contributed by atoms with van der Waals surface area (Å²) in [6.07, 6.45) is 13.9. The Balaban J connectivity index is 1.49. The summed E-state index contributed by atoms with van der Waals surface area (Å²) in [5, 5.41) is 12.8. The lowest BCUT2D eigenvalue weighted by molar-refractivity contribution is -0.148. The van der Waals surface area contributed by atoms with Crippen molar-refractivity contribution >= 4 is 11.9 Å². The summed E-state index contributed by atoms with van der Waals surface area (Å²) in [5.74, 6) is 0.737. The lowest BCUT2D eigenvalue weighted by Gasteiger charge is -2.59. The SMILES string of the molecule is CC[C@H](NC(=O)[C@@H]1CC=CC[C@@H]1C(=O)O)C12CC3CC(CC(C3)C1)C2. The fourth-order valence-electron chi connectivity index (χ4n) is 6.95. The normalized spacial score (nSPS) is 43.0. The monoisotopic (exact) mass is 345 g/mol. The van der Waals surface area contributed by atoms with Crippen LogP contribution in [0.2, 0.25) is 0 Å². The predicted molar refractivity (Wildman–Crippen MR) is 95.8 cm³/mol. The predicted octanol–water partition coefficient (Wildman–Crippen LogP) is 3.76. The number of amides is 1. The molecule has 4 bridgehead atoms. The van der Waals surface area contributed by atoms with Gasteiger partial charge in [-0.2, -0.15) is 0 Å². The number of nitrogens with one attached hydrogen (secondary N) is 1. The summed E-state index contributed by atoms with van der Waals surface area (Å²) < 4.78 is 0. The maximum absolute atomic E-state index is 13.0. The second-order valence-corrected chi connectivity index (χ2v) is 9.24. The Kier molecular flexibility index (Phi) is 4.41. The van der Waals surface area contributed by atoms with Crippen LogP contribution >= 0.6 is 0 Å². The highest BCUT2D eigenvalue weighted by Crippen LogP contribution is 2.61. The van der Waals surface area contributed by atoms with Crippen molar-refractivity contribution in [3.05, 3.63) is 12.2 Å². The highest BCUT2D eigenvalue weighted by atomic mass is 16.4. The molecule has 0 radical (unpaired) electrons. The van der Waals surface area contributed by atoms with E-state index in [1.54, 1.807) is 0 Å². The highest BCUT2D eigenvalue weighted by molar-refractivity contribution is 5.85. The molecule has 0 spiro atoms. The highest BCUT2D eigenvalue weighted by Gasteiger charge is 2.54. The van der Waals surface area contributed by atoms with E-state index in [1.807, 2.05) is 12.2 Å². The lowest BCUT2D eigenvalue weighted by Crippen LogP contribution is -2.57. The minimum absolute atomic E-state index is 0.0284. The molecule has 4 nitrogen and oxygen atoms in total. The van der Waals surface area contributed by atoms with E-state index in [0.717, 1.165) is 24.2 Å². The first-order valence-electron chi connectivity index (χ1n) is 10.2. The molecule has 0 aliphatic heterocycles. The van der Waals surface area contributed by atoms with Crippen LogP contribution < -0.4 is 5.32 Å². The molecule has 5 aliphatic carbocycles. The average Bonchev–Trinajstić information content (AvgIpc) is 2.58. The summed E-state index contributed by atoms with van der Waals surface area (Å²) in [6.45, 7) is 2.18. The molecule has 0 unspecified atom stereocenters. The molecule has 1 amide bonds. The smallest absolute Gasteiger partial charge is 0.307 e. The van der Waals surface area contributed by atoms with Gasteiger partial charge in [-0.3, -0.25) is 9.59 Å².